The Labute approximate surface area is 69.5 Å². The number of hydrogen-bond acceptors (Lipinski definition) is 3. The van der Waals surface area contributed by atoms with Crippen LogP contribution in [0.4, 0.5) is 5.69 Å². The zero-order chi connectivity index (χ0) is 6.97. The van der Waals surface area contributed by atoms with Crippen molar-refractivity contribution in [3.05, 3.63) is 24.7 Å². The van der Waals surface area contributed by atoms with Gasteiger partial charge < -0.3 is 5.73 Å². The summed E-state index contributed by atoms with van der Waals surface area (Å²) in [6, 6.07) is 3.55. The first-order valence-electron chi connectivity index (χ1n) is 2.91. The normalized spacial score (nSPS) is 9.45. The highest BCUT2D eigenvalue weighted by atomic mass is 35.5. The molecule has 2 N–H and O–H groups in total. The van der Waals surface area contributed by atoms with Gasteiger partial charge in [0.1, 0.15) is 6.33 Å². The molecule has 4 nitrogen and oxygen atoms in total. The van der Waals surface area contributed by atoms with Gasteiger partial charge in [0, 0.05) is 18.0 Å². The number of aromatic nitrogens is 3. The van der Waals surface area contributed by atoms with Gasteiger partial charge in [-0.2, -0.15) is 5.10 Å². The molecule has 0 aliphatic carbocycles. The molecule has 0 aliphatic heterocycles. The molecule has 0 aliphatic rings. The van der Waals surface area contributed by atoms with Crippen LogP contribution in [-0.2, 0) is 0 Å². The van der Waals surface area contributed by atoms with E-state index in [2.05, 4.69) is 10.1 Å². The Balaban J connectivity index is 0.000000605. The van der Waals surface area contributed by atoms with Crippen molar-refractivity contribution in [2.24, 2.45) is 0 Å². The number of halogens is 1. The molecule has 0 fully saturated rings. The predicted molar refractivity (Wildman–Crippen MR) is 44.6 cm³/mol. The first-order valence-corrected chi connectivity index (χ1v) is 2.91. The second-order valence-corrected chi connectivity index (χ2v) is 2.02. The van der Waals surface area contributed by atoms with E-state index in [-0.39, 0.29) is 12.4 Å². The van der Waals surface area contributed by atoms with Crippen molar-refractivity contribution in [1.29, 1.82) is 0 Å². The molecule has 0 aromatic carbocycles. The molecule has 0 radical (unpaired) electrons. The molecule has 0 bridgehead atoms. The lowest BCUT2D eigenvalue weighted by molar-refractivity contribution is 0.962. The molecule has 0 saturated carbocycles. The molecule has 0 saturated heterocycles. The summed E-state index contributed by atoms with van der Waals surface area (Å²) in [6.07, 6.45) is 3.27. The Bertz CT molecular complexity index is 356. The average Bonchev–Trinajstić information content (AvgIpc) is 2.33. The summed E-state index contributed by atoms with van der Waals surface area (Å²) in [4.78, 5) is 3.95. The summed E-state index contributed by atoms with van der Waals surface area (Å²) < 4.78 is 1.66. The Kier molecular flexibility index (Phi) is 1.96. The van der Waals surface area contributed by atoms with E-state index >= 15 is 0 Å². The molecular formula is C6H7ClN4. The van der Waals surface area contributed by atoms with Gasteiger partial charge in [-0.1, -0.05) is 0 Å². The van der Waals surface area contributed by atoms with Crippen LogP contribution in [0.2, 0.25) is 0 Å². The number of nitrogen functional groups attached to an aromatic ring is 1. The number of nitrogens with zero attached hydrogens (tertiary/aromatic N) is 3. The van der Waals surface area contributed by atoms with Crippen molar-refractivity contribution in [3.63, 3.8) is 0 Å². The van der Waals surface area contributed by atoms with Gasteiger partial charge in [0.05, 0.1) is 0 Å². The Morgan fingerprint density at radius 3 is 3.09 bits per heavy atom. The molecule has 11 heavy (non-hydrogen) atoms. The second-order valence-electron chi connectivity index (χ2n) is 2.02. The lowest BCUT2D eigenvalue weighted by Crippen LogP contribution is -1.89. The van der Waals surface area contributed by atoms with Crippen molar-refractivity contribution in [3.8, 4) is 0 Å². The van der Waals surface area contributed by atoms with E-state index in [1.807, 2.05) is 0 Å². The summed E-state index contributed by atoms with van der Waals surface area (Å²) in [7, 11) is 0. The standard InChI is InChI=1S/C6H6N4.ClH/c7-5-1-2-10-6(3-5)8-4-9-10;/h1-4H,7H2;1H. The Morgan fingerprint density at radius 2 is 2.27 bits per heavy atom. The molecule has 2 heterocycles. The van der Waals surface area contributed by atoms with E-state index in [4.69, 9.17) is 5.73 Å². The number of nitrogens with two attached hydrogens (primary N) is 1. The van der Waals surface area contributed by atoms with E-state index < -0.39 is 0 Å². The van der Waals surface area contributed by atoms with Crippen molar-refractivity contribution in [1.82, 2.24) is 14.6 Å². The van der Waals surface area contributed by atoms with E-state index in [1.165, 1.54) is 6.33 Å². The van der Waals surface area contributed by atoms with Crippen molar-refractivity contribution < 1.29 is 0 Å². The second kappa shape index (κ2) is 2.75. The smallest absolute Gasteiger partial charge is 0.157 e. The fraction of sp³-hybridized carbons (Fsp3) is 0. The number of rotatable bonds is 0. The third-order valence-electron chi connectivity index (χ3n) is 1.30. The van der Waals surface area contributed by atoms with Gasteiger partial charge in [0.25, 0.3) is 0 Å². The monoisotopic (exact) mass is 170 g/mol. The third-order valence-corrected chi connectivity index (χ3v) is 1.30. The molecular weight excluding hydrogens is 164 g/mol. The molecule has 0 spiro atoms. The van der Waals surface area contributed by atoms with Crippen molar-refractivity contribution in [2.75, 3.05) is 5.73 Å². The minimum Gasteiger partial charge on any atom is -0.399 e. The van der Waals surface area contributed by atoms with Crippen LogP contribution in [0, 0.1) is 0 Å². The summed E-state index contributed by atoms with van der Waals surface area (Å²) in [5.41, 5.74) is 6.99. The number of anilines is 1. The summed E-state index contributed by atoms with van der Waals surface area (Å²) >= 11 is 0. The van der Waals surface area contributed by atoms with E-state index in [0.29, 0.717) is 5.69 Å². The van der Waals surface area contributed by atoms with Crippen LogP contribution in [0.5, 0.6) is 0 Å². The minimum absolute atomic E-state index is 0. The highest BCUT2D eigenvalue weighted by Crippen LogP contribution is 2.03. The molecule has 5 heteroatoms. The van der Waals surface area contributed by atoms with Crippen LogP contribution < -0.4 is 5.73 Å². The molecule has 0 atom stereocenters. The fourth-order valence-electron chi connectivity index (χ4n) is 0.831. The van der Waals surface area contributed by atoms with Crippen LogP contribution in [-0.4, -0.2) is 14.6 Å². The molecule has 0 unspecified atom stereocenters. The van der Waals surface area contributed by atoms with Crippen LogP contribution >= 0.6 is 12.4 Å². The van der Waals surface area contributed by atoms with Gasteiger partial charge in [-0.05, 0) is 6.07 Å². The van der Waals surface area contributed by atoms with E-state index in [9.17, 15) is 0 Å². The van der Waals surface area contributed by atoms with Crippen LogP contribution in [0.25, 0.3) is 5.65 Å². The van der Waals surface area contributed by atoms with Crippen LogP contribution in [0.3, 0.4) is 0 Å². The van der Waals surface area contributed by atoms with Gasteiger partial charge >= 0.3 is 0 Å². The minimum atomic E-state index is 0. The number of hydrogen-bond donors (Lipinski definition) is 1. The van der Waals surface area contributed by atoms with Crippen molar-refractivity contribution in [2.45, 2.75) is 0 Å². The topological polar surface area (TPSA) is 56.2 Å². The zero-order valence-corrected chi connectivity index (χ0v) is 6.45. The predicted octanol–water partition coefficient (Wildman–Crippen LogP) is 0.733. The summed E-state index contributed by atoms with van der Waals surface area (Å²) in [5.74, 6) is 0. The number of pyridine rings is 1. The summed E-state index contributed by atoms with van der Waals surface area (Å²) in [6.45, 7) is 0. The molecule has 2 rings (SSSR count). The van der Waals surface area contributed by atoms with E-state index in [1.54, 1.807) is 22.8 Å². The van der Waals surface area contributed by atoms with Gasteiger partial charge in [-0.15, -0.1) is 12.4 Å². The largest absolute Gasteiger partial charge is 0.399 e. The molecule has 2 aromatic rings. The van der Waals surface area contributed by atoms with Gasteiger partial charge in [-0.3, -0.25) is 0 Å². The first kappa shape index (κ1) is 7.81. The first-order chi connectivity index (χ1) is 4.86. The van der Waals surface area contributed by atoms with Gasteiger partial charge in [-0.25, -0.2) is 9.50 Å². The average molecular weight is 171 g/mol. The quantitative estimate of drug-likeness (QED) is 0.634. The lowest BCUT2D eigenvalue weighted by atomic mass is 10.4. The molecule has 58 valence electrons. The van der Waals surface area contributed by atoms with Gasteiger partial charge in [0.2, 0.25) is 0 Å². The maximum atomic E-state index is 5.50. The molecule has 2 aromatic heterocycles. The highest BCUT2D eigenvalue weighted by Gasteiger charge is 1.92. The van der Waals surface area contributed by atoms with E-state index in [0.717, 1.165) is 5.65 Å². The van der Waals surface area contributed by atoms with Crippen LogP contribution in [0.1, 0.15) is 0 Å². The maximum absolute atomic E-state index is 5.50. The van der Waals surface area contributed by atoms with Gasteiger partial charge in [0.15, 0.2) is 5.65 Å². The Morgan fingerprint density at radius 1 is 1.45 bits per heavy atom. The molecule has 0 amide bonds. The lowest BCUT2D eigenvalue weighted by Gasteiger charge is -1.91. The van der Waals surface area contributed by atoms with Crippen LogP contribution in [0.15, 0.2) is 24.7 Å². The third kappa shape index (κ3) is 1.25. The zero-order valence-electron chi connectivity index (χ0n) is 5.64. The maximum Gasteiger partial charge on any atom is 0.157 e. The SMILES string of the molecule is Cl.Nc1ccn2ncnc2c1. The Hall–Kier alpha value is -1.29. The highest BCUT2D eigenvalue weighted by molar-refractivity contribution is 5.85. The summed E-state index contributed by atoms with van der Waals surface area (Å²) in [5, 5.41) is 3.91. The van der Waals surface area contributed by atoms with Crippen molar-refractivity contribution >= 4 is 23.7 Å². The number of fused-ring (bicyclic) bond motifs is 1. The fourth-order valence-corrected chi connectivity index (χ4v) is 0.831.